The van der Waals surface area contributed by atoms with E-state index in [1.54, 1.807) is 0 Å². The molecule has 0 aliphatic heterocycles. The number of phosphoric ester groups is 1. The van der Waals surface area contributed by atoms with E-state index < -0.39 is 13.9 Å². The van der Waals surface area contributed by atoms with Crippen LogP contribution in [0.25, 0.3) is 0 Å². The summed E-state index contributed by atoms with van der Waals surface area (Å²) in [5.41, 5.74) is 5.36. The van der Waals surface area contributed by atoms with Gasteiger partial charge in [-0.1, -0.05) is 147 Å². The molecule has 0 saturated heterocycles. The lowest BCUT2D eigenvalue weighted by atomic mass is 10.1. The molecule has 3 N–H and O–H groups in total. The van der Waals surface area contributed by atoms with Crippen molar-refractivity contribution in [1.29, 1.82) is 0 Å². The summed E-state index contributed by atoms with van der Waals surface area (Å²) in [5.74, 6) is -0.342. The fourth-order valence-electron chi connectivity index (χ4n) is 5.67. The molecule has 9 heteroatoms. The van der Waals surface area contributed by atoms with E-state index in [9.17, 15) is 14.3 Å². The van der Waals surface area contributed by atoms with E-state index >= 15 is 0 Å². The van der Waals surface area contributed by atoms with Crippen LogP contribution in [-0.2, 0) is 27.9 Å². The summed E-state index contributed by atoms with van der Waals surface area (Å²) in [5, 5.41) is 0. The van der Waals surface area contributed by atoms with Crippen molar-refractivity contribution in [2.24, 2.45) is 5.73 Å². The van der Waals surface area contributed by atoms with Crippen LogP contribution in [0.4, 0.5) is 0 Å². The summed E-state index contributed by atoms with van der Waals surface area (Å²) in [6, 6.07) is 0. The van der Waals surface area contributed by atoms with Crippen molar-refractivity contribution in [2.45, 2.75) is 193 Å². The first-order chi connectivity index (χ1) is 24.9. The number of ether oxygens (including phenoxy) is 2. The number of allylic oxidation sites excluding steroid dienone is 6. The highest BCUT2D eigenvalue weighted by molar-refractivity contribution is 7.47. The lowest BCUT2D eigenvalue weighted by Gasteiger charge is -2.20. The number of esters is 1. The predicted molar refractivity (Wildman–Crippen MR) is 215 cm³/mol. The van der Waals surface area contributed by atoms with Gasteiger partial charge in [-0.05, 0) is 70.6 Å². The number of carbonyl (C=O) groups is 1. The fraction of sp³-hybridized carbons (Fsp3) is 0.833. The molecule has 0 aromatic heterocycles. The highest BCUT2D eigenvalue weighted by Crippen LogP contribution is 2.43. The summed E-state index contributed by atoms with van der Waals surface area (Å²) in [4.78, 5) is 22.4. The van der Waals surface area contributed by atoms with E-state index in [4.69, 9.17) is 24.3 Å². The number of nitrogens with two attached hydrogens (primary N) is 1. The van der Waals surface area contributed by atoms with Gasteiger partial charge in [-0.15, -0.1) is 0 Å². The molecule has 0 fully saturated rings. The zero-order valence-electron chi connectivity index (χ0n) is 33.1. The topological polar surface area (TPSA) is 117 Å². The number of hydrogen-bond donors (Lipinski definition) is 2. The molecule has 0 bridgehead atoms. The van der Waals surface area contributed by atoms with Crippen LogP contribution < -0.4 is 5.73 Å². The van der Waals surface area contributed by atoms with Gasteiger partial charge in [0.15, 0.2) is 0 Å². The lowest BCUT2D eigenvalue weighted by Crippen LogP contribution is -2.28. The second-order valence-corrected chi connectivity index (χ2v) is 15.3. The average Bonchev–Trinajstić information content (AvgIpc) is 3.12. The van der Waals surface area contributed by atoms with E-state index in [1.807, 2.05) is 0 Å². The van der Waals surface area contributed by atoms with E-state index in [1.165, 1.54) is 116 Å². The minimum atomic E-state index is -4.27. The van der Waals surface area contributed by atoms with Crippen LogP contribution in [0, 0.1) is 0 Å². The van der Waals surface area contributed by atoms with Crippen LogP contribution in [0.5, 0.6) is 0 Å². The van der Waals surface area contributed by atoms with Crippen LogP contribution in [-0.4, -0.2) is 49.9 Å². The Balaban J connectivity index is 4.00. The van der Waals surface area contributed by atoms with Crippen LogP contribution in [0.1, 0.15) is 187 Å². The van der Waals surface area contributed by atoms with Crippen LogP contribution in [0.15, 0.2) is 36.5 Å². The molecule has 2 unspecified atom stereocenters. The molecule has 0 spiro atoms. The van der Waals surface area contributed by atoms with Gasteiger partial charge in [-0.2, -0.15) is 0 Å². The van der Waals surface area contributed by atoms with Crippen molar-refractivity contribution in [3.05, 3.63) is 36.5 Å². The van der Waals surface area contributed by atoms with Crippen molar-refractivity contribution < 1.29 is 32.8 Å². The van der Waals surface area contributed by atoms with Crippen molar-refractivity contribution in [1.82, 2.24) is 0 Å². The molecule has 0 rings (SSSR count). The van der Waals surface area contributed by atoms with Crippen molar-refractivity contribution in [2.75, 3.05) is 33.0 Å². The standard InChI is InChI=1S/C42H80NO7P/c1-3-5-7-9-11-13-15-17-18-19-20-21-22-23-24-26-28-30-32-34-37-47-39-41(40-49-51(45,46)48-38-36-43)50-42(44)35-33-31-29-27-25-16-14-12-10-8-6-4-2/h11-14,17-18,41H,3-10,15-16,19-40,43H2,1-2H3,(H,45,46)/b13-11-,14-12-,18-17-. The molecule has 0 aromatic rings. The largest absolute Gasteiger partial charge is 0.472 e. The molecule has 8 nitrogen and oxygen atoms in total. The Morgan fingerprint density at radius 3 is 1.55 bits per heavy atom. The molecule has 2 atom stereocenters. The van der Waals surface area contributed by atoms with Gasteiger partial charge < -0.3 is 20.1 Å². The number of phosphoric acid groups is 1. The van der Waals surface area contributed by atoms with Crippen LogP contribution >= 0.6 is 7.82 Å². The molecule has 0 saturated carbocycles. The van der Waals surface area contributed by atoms with Gasteiger partial charge in [0.2, 0.25) is 0 Å². The van der Waals surface area contributed by atoms with Crippen molar-refractivity contribution in [3.63, 3.8) is 0 Å². The zero-order chi connectivity index (χ0) is 37.4. The van der Waals surface area contributed by atoms with Crippen molar-refractivity contribution >= 4 is 13.8 Å². The second-order valence-electron chi connectivity index (χ2n) is 13.8. The van der Waals surface area contributed by atoms with Gasteiger partial charge in [0.1, 0.15) is 6.10 Å². The van der Waals surface area contributed by atoms with Gasteiger partial charge in [0, 0.05) is 19.6 Å². The molecule has 0 aromatic carbocycles. The maximum Gasteiger partial charge on any atom is 0.472 e. The summed E-state index contributed by atoms with van der Waals surface area (Å²) in [6.07, 6.45) is 44.4. The third-order valence-corrected chi connectivity index (χ3v) is 9.76. The van der Waals surface area contributed by atoms with Gasteiger partial charge in [0.05, 0.1) is 19.8 Å². The van der Waals surface area contributed by atoms with Gasteiger partial charge in [0.25, 0.3) is 0 Å². The Hall–Kier alpha value is -1.28. The Bertz CT molecular complexity index is 879. The normalized spacial score (nSPS) is 13.9. The van der Waals surface area contributed by atoms with Crippen LogP contribution in [0.2, 0.25) is 0 Å². The molecule has 0 radical (unpaired) electrons. The minimum Gasteiger partial charge on any atom is -0.457 e. The number of carbonyl (C=O) groups excluding carboxylic acids is 1. The Labute approximate surface area is 314 Å². The van der Waals surface area contributed by atoms with Gasteiger partial charge in [-0.3, -0.25) is 13.8 Å². The Morgan fingerprint density at radius 1 is 0.588 bits per heavy atom. The van der Waals surface area contributed by atoms with E-state index in [-0.39, 0.29) is 32.3 Å². The first kappa shape index (κ1) is 49.7. The fourth-order valence-corrected chi connectivity index (χ4v) is 6.43. The molecule has 300 valence electrons. The second kappa shape index (κ2) is 39.9. The summed E-state index contributed by atoms with van der Waals surface area (Å²) in [7, 11) is -4.27. The number of hydrogen-bond acceptors (Lipinski definition) is 7. The number of unbranched alkanes of at least 4 members (excludes halogenated alkanes) is 21. The van der Waals surface area contributed by atoms with E-state index in [0.717, 1.165) is 51.4 Å². The molecule has 0 heterocycles. The maximum atomic E-state index is 12.5. The molecule has 51 heavy (non-hydrogen) atoms. The molecular formula is C42H80NO7P. The molecule has 0 aliphatic carbocycles. The predicted octanol–water partition coefficient (Wildman–Crippen LogP) is 12.2. The third kappa shape index (κ3) is 39.8. The first-order valence-corrected chi connectivity index (χ1v) is 22.5. The monoisotopic (exact) mass is 742 g/mol. The third-order valence-electron chi connectivity index (χ3n) is 8.78. The molecule has 0 aliphatic rings. The van der Waals surface area contributed by atoms with Crippen molar-refractivity contribution in [3.8, 4) is 0 Å². The molecular weight excluding hydrogens is 661 g/mol. The van der Waals surface area contributed by atoms with Gasteiger partial charge in [-0.25, -0.2) is 4.57 Å². The van der Waals surface area contributed by atoms with Crippen LogP contribution in [0.3, 0.4) is 0 Å². The molecule has 0 amide bonds. The summed E-state index contributed by atoms with van der Waals surface area (Å²) in [6.45, 7) is 4.86. The smallest absolute Gasteiger partial charge is 0.457 e. The maximum absolute atomic E-state index is 12.5. The van der Waals surface area contributed by atoms with E-state index in [2.05, 4.69) is 50.3 Å². The zero-order valence-corrected chi connectivity index (χ0v) is 34.0. The highest BCUT2D eigenvalue weighted by atomic mass is 31.2. The summed E-state index contributed by atoms with van der Waals surface area (Å²) >= 11 is 0. The van der Waals surface area contributed by atoms with Gasteiger partial charge >= 0.3 is 13.8 Å². The minimum absolute atomic E-state index is 0.0977. The lowest BCUT2D eigenvalue weighted by molar-refractivity contribution is -0.154. The average molecular weight is 742 g/mol. The Morgan fingerprint density at radius 2 is 1.04 bits per heavy atom. The quantitative estimate of drug-likeness (QED) is 0.0276. The highest BCUT2D eigenvalue weighted by Gasteiger charge is 2.25. The first-order valence-electron chi connectivity index (χ1n) is 21.0. The summed E-state index contributed by atoms with van der Waals surface area (Å²) < 4.78 is 33.4. The number of rotatable bonds is 40. The SMILES string of the molecule is CCCCC/C=C\C/C=C\CCCCCCCCCCCCOCC(COP(=O)(O)OCCN)OC(=O)CCCCCCC/C=C\CCCCC. The Kier molecular flexibility index (Phi) is 38.9. The van der Waals surface area contributed by atoms with E-state index in [0.29, 0.717) is 13.0 Å².